The van der Waals surface area contributed by atoms with Gasteiger partial charge in [0.25, 0.3) is 17.7 Å². The summed E-state index contributed by atoms with van der Waals surface area (Å²) in [6.07, 6.45) is -0.750. The summed E-state index contributed by atoms with van der Waals surface area (Å²) in [7, 11) is 2.76. The van der Waals surface area contributed by atoms with Gasteiger partial charge >= 0.3 is 11.9 Å². The number of carbonyl (C=O) groups excluding carboxylic acids is 12. The van der Waals surface area contributed by atoms with Crippen molar-refractivity contribution in [2.45, 2.75) is 205 Å². The van der Waals surface area contributed by atoms with Crippen molar-refractivity contribution in [2.24, 2.45) is 34.2 Å². The molecule has 88 heavy (non-hydrogen) atoms. The second kappa shape index (κ2) is 39.7. The molecule has 0 saturated carbocycles. The van der Waals surface area contributed by atoms with Crippen LogP contribution >= 0.6 is 0 Å². The van der Waals surface area contributed by atoms with Gasteiger partial charge < -0.3 is 89.2 Å². The number of carbonyl (C=O) groups is 14. The molecule has 0 fully saturated rings. The van der Waals surface area contributed by atoms with Gasteiger partial charge in [0.1, 0.15) is 42.5 Å². The second-order valence-corrected chi connectivity index (χ2v) is 23.1. The van der Waals surface area contributed by atoms with Crippen molar-refractivity contribution in [3.05, 3.63) is 12.2 Å². The van der Waals surface area contributed by atoms with E-state index >= 15 is 0 Å². The molecule has 32 nitrogen and oxygen atoms in total. The molecule has 0 radical (unpaired) electrons. The quantitative estimate of drug-likeness (QED) is 0.00979. The van der Waals surface area contributed by atoms with Crippen LogP contribution in [-0.2, 0) is 67.1 Å². The fourth-order valence-electron chi connectivity index (χ4n) is 9.02. The molecule has 11 atom stereocenters. The summed E-state index contributed by atoms with van der Waals surface area (Å²) < 4.78 is 0. The normalized spacial score (nSPS) is 22.0. The first-order chi connectivity index (χ1) is 41.3. The average Bonchev–Trinajstić information content (AvgIpc) is 3.63. The van der Waals surface area contributed by atoms with Crippen molar-refractivity contribution < 1.29 is 77.3 Å². The third-order valence-corrected chi connectivity index (χ3v) is 14.1. The summed E-state index contributed by atoms with van der Waals surface area (Å²) in [5, 5.41) is 52.4. The monoisotopic (exact) mass is 1250 g/mol. The molecule has 0 spiro atoms. The number of aliphatic imine (C=N–C) groups is 1. The summed E-state index contributed by atoms with van der Waals surface area (Å²) in [6, 6.07) is -8.05. The van der Waals surface area contributed by atoms with Gasteiger partial charge in [-0.05, 0) is 109 Å². The Morgan fingerprint density at radius 3 is 1.67 bits per heavy atom. The van der Waals surface area contributed by atoms with Gasteiger partial charge in [-0.1, -0.05) is 53.7 Å². The maximum absolute atomic E-state index is 14.9. The summed E-state index contributed by atoms with van der Waals surface area (Å²) >= 11 is 0. The maximum Gasteiger partial charge on any atom is 0.305 e. The first-order valence-electron chi connectivity index (χ1n) is 29.4. The van der Waals surface area contributed by atoms with Crippen molar-refractivity contribution in [3.8, 4) is 0 Å². The van der Waals surface area contributed by atoms with E-state index in [4.69, 9.17) is 11.5 Å². The SMILES string of the molecule is CNC(=O)C(CC(=O)O)NC(=O)CNC(=O)C(NC(=O)[C@H](CCC(=O)O)NC(=O)C1(C)CCCC=CCCCC(C)(NC)C(=O)N[C@@H](N[C@H](C=O)CCCN=C(N)N)C(=O)N[C@@H](N[C@H](C=O)CC(C)C)C(=O)N[C@@H](N[C@H](C=O)CC(C)C)C(=O)N1)C(C)C. The van der Waals surface area contributed by atoms with E-state index in [1.54, 1.807) is 40.7 Å². The molecule has 0 aromatic rings. The molecule has 496 valence electrons. The number of likely N-dealkylation sites (N-methyl/N-ethyl adjacent to an activating group) is 2. The number of carboxylic acid groups (broad SMARTS) is 2. The van der Waals surface area contributed by atoms with Gasteiger partial charge in [0.05, 0.1) is 36.6 Å². The summed E-state index contributed by atoms with van der Waals surface area (Å²) in [6.45, 7) is 12.4. The number of aliphatic carboxylic acids is 2. The van der Waals surface area contributed by atoms with Gasteiger partial charge in [-0.2, -0.15) is 0 Å². The number of nitrogens with zero attached hydrogens (tertiary/aromatic N) is 1. The highest BCUT2D eigenvalue weighted by Crippen LogP contribution is 2.19. The highest BCUT2D eigenvalue weighted by molar-refractivity contribution is 5.99. The van der Waals surface area contributed by atoms with E-state index in [9.17, 15) is 77.3 Å². The summed E-state index contributed by atoms with van der Waals surface area (Å²) in [5.74, 6) is -13.0. The predicted molar refractivity (Wildman–Crippen MR) is 321 cm³/mol. The number of allylic oxidation sites excluding steroid dienone is 2. The van der Waals surface area contributed by atoms with Crippen LogP contribution in [0.3, 0.4) is 0 Å². The number of aldehydes is 3. The fourth-order valence-corrected chi connectivity index (χ4v) is 9.02. The van der Waals surface area contributed by atoms with Gasteiger partial charge in [-0.25, -0.2) is 0 Å². The van der Waals surface area contributed by atoms with Crippen LogP contribution in [0.1, 0.15) is 139 Å². The lowest BCUT2D eigenvalue weighted by atomic mass is 9.91. The number of amides is 9. The van der Waals surface area contributed by atoms with Gasteiger partial charge in [0, 0.05) is 20.0 Å². The van der Waals surface area contributed by atoms with E-state index in [0.29, 0.717) is 31.7 Å². The van der Waals surface area contributed by atoms with Gasteiger partial charge in [0.2, 0.25) is 35.4 Å². The van der Waals surface area contributed by atoms with E-state index in [-0.39, 0.29) is 75.7 Å². The molecule has 4 unspecified atom stereocenters. The number of carboxylic acids is 2. The van der Waals surface area contributed by atoms with Crippen LogP contribution in [0.4, 0.5) is 0 Å². The van der Waals surface area contributed by atoms with Crippen LogP contribution in [0, 0.1) is 17.8 Å². The molecule has 0 aromatic heterocycles. The summed E-state index contributed by atoms with van der Waals surface area (Å²) in [4.78, 5) is 191. The highest BCUT2D eigenvalue weighted by Gasteiger charge is 2.42. The molecule has 1 rings (SSSR count). The smallest absolute Gasteiger partial charge is 0.305 e. The zero-order valence-corrected chi connectivity index (χ0v) is 52.1. The third-order valence-electron chi connectivity index (χ3n) is 14.1. The third kappa shape index (κ3) is 29.1. The Hall–Kier alpha value is -7.97. The van der Waals surface area contributed by atoms with E-state index in [0.717, 1.165) is 0 Å². The van der Waals surface area contributed by atoms with E-state index in [1.807, 2.05) is 6.08 Å². The zero-order valence-electron chi connectivity index (χ0n) is 52.1. The lowest BCUT2D eigenvalue weighted by Gasteiger charge is -2.35. The van der Waals surface area contributed by atoms with Crippen molar-refractivity contribution in [2.75, 3.05) is 27.2 Å². The molecule has 0 aliphatic carbocycles. The van der Waals surface area contributed by atoms with Crippen LogP contribution in [0.15, 0.2) is 17.1 Å². The Bertz CT molecular complexity index is 2460. The number of nitrogens with one attached hydrogen (secondary N) is 13. The molecule has 9 amide bonds. The predicted octanol–water partition coefficient (Wildman–Crippen LogP) is -3.99. The van der Waals surface area contributed by atoms with Crippen LogP contribution in [0.2, 0.25) is 0 Å². The van der Waals surface area contributed by atoms with Gasteiger partial charge in [-0.15, -0.1) is 0 Å². The Morgan fingerprint density at radius 2 is 1.19 bits per heavy atom. The Labute approximate surface area is 513 Å². The van der Waals surface area contributed by atoms with Crippen molar-refractivity contribution in [1.82, 2.24) is 69.1 Å². The highest BCUT2D eigenvalue weighted by atomic mass is 16.4. The molecule has 32 heteroatoms. The van der Waals surface area contributed by atoms with Crippen molar-refractivity contribution >= 4 is 89.9 Å². The minimum atomic E-state index is -2.05. The maximum atomic E-state index is 14.9. The summed E-state index contributed by atoms with van der Waals surface area (Å²) in [5.41, 5.74) is 7.55. The van der Waals surface area contributed by atoms with Crippen LogP contribution < -0.4 is 80.6 Å². The van der Waals surface area contributed by atoms with Gasteiger partial charge in [-0.3, -0.25) is 73.7 Å². The molecule has 1 aliphatic rings. The number of hydrogen-bond acceptors (Lipinski definition) is 19. The lowest BCUT2D eigenvalue weighted by Crippen LogP contribution is -2.69. The first-order valence-corrected chi connectivity index (χ1v) is 29.4. The first kappa shape index (κ1) is 78.0. The zero-order chi connectivity index (χ0) is 66.9. The van der Waals surface area contributed by atoms with Crippen LogP contribution in [0.5, 0.6) is 0 Å². The second-order valence-electron chi connectivity index (χ2n) is 23.1. The largest absolute Gasteiger partial charge is 0.481 e. The van der Waals surface area contributed by atoms with E-state index in [1.165, 1.54) is 34.9 Å². The lowest BCUT2D eigenvalue weighted by molar-refractivity contribution is -0.140. The fraction of sp³-hybridized carbons (Fsp3) is 0.696. The minimum Gasteiger partial charge on any atom is -0.481 e. The Morgan fingerprint density at radius 1 is 0.670 bits per heavy atom. The topological polar surface area (TPSA) is 500 Å². The standard InChI is InChI=1S/C56H96N16O16/c1-31(2)24-35(29-74)64-43-49(84)70-45(65-36(30-75)25-32(3)4)51(86)72-56(8,22-16-14-12-11-13-15-21-55(7,60-10)52(87)71-44(50(85)69-43)63-34(28-73)18-17-23-61-54(57)58)53(88)67-37(19-20-40(77)78)47(82)68-42(33(5)6)48(83)62-27-39(76)66-38(26-41(79)80)46(81)59-9/h11-12,28-38,42-45,60,63-65H,13-27H2,1-10H3,(H,59,81)(H,62,83)(H,66,76)(H,67,88)(H,68,82)(H,69,85)(H,70,84)(H,71,87)(H,72,86)(H,77,78)(H,79,80)(H4,57,58,61)/t34-,35-,36-,37-,38?,42?,43+,44+,45+,55?,56?/m0/s1. The molecular formula is C56H96N16O16. The molecule has 1 aliphatic heterocycles. The molecule has 19 N–H and O–H groups in total. The molecular weight excluding hydrogens is 1150 g/mol. The number of rotatable bonds is 33. The minimum absolute atomic E-state index is 0.0636. The number of hydrogen-bond donors (Lipinski definition) is 17. The number of guanidine groups is 1. The van der Waals surface area contributed by atoms with Crippen molar-refractivity contribution in [1.29, 1.82) is 0 Å². The molecule has 0 bridgehead atoms. The molecule has 0 aromatic carbocycles. The van der Waals surface area contributed by atoms with Crippen molar-refractivity contribution in [3.63, 3.8) is 0 Å². The molecule has 0 saturated heterocycles. The van der Waals surface area contributed by atoms with Crippen LogP contribution in [-0.4, -0.2) is 193 Å². The van der Waals surface area contributed by atoms with Gasteiger partial charge in [0.15, 0.2) is 24.5 Å². The Kier molecular flexibility index (Phi) is 35.2. The Balaban J connectivity index is 4.08. The van der Waals surface area contributed by atoms with E-state index < -0.39 is 163 Å². The van der Waals surface area contributed by atoms with Crippen LogP contribution in [0.25, 0.3) is 0 Å². The van der Waals surface area contributed by atoms with E-state index in [2.05, 4.69) is 74.1 Å². The number of nitrogens with two attached hydrogens (primary N) is 2. The average molecular weight is 1250 g/mol. The molecule has 1 heterocycles.